The van der Waals surface area contributed by atoms with Gasteiger partial charge in [0.15, 0.2) is 5.82 Å². The van der Waals surface area contributed by atoms with Crippen molar-refractivity contribution >= 4 is 22.9 Å². The van der Waals surface area contributed by atoms with Crippen molar-refractivity contribution in [1.29, 1.82) is 0 Å². The Morgan fingerprint density at radius 2 is 2.21 bits per heavy atom. The van der Waals surface area contributed by atoms with Crippen LogP contribution < -0.4 is 15.4 Å². The summed E-state index contributed by atoms with van der Waals surface area (Å²) < 4.78 is 7.46. The second-order valence-electron chi connectivity index (χ2n) is 6.57. The van der Waals surface area contributed by atoms with Gasteiger partial charge in [0.1, 0.15) is 11.4 Å². The largest absolute Gasteiger partial charge is 0.493 e. The van der Waals surface area contributed by atoms with Crippen molar-refractivity contribution < 1.29 is 9.53 Å². The van der Waals surface area contributed by atoms with Crippen LogP contribution in [0.1, 0.15) is 35.1 Å². The zero-order valence-electron chi connectivity index (χ0n) is 15.9. The van der Waals surface area contributed by atoms with Crippen LogP contribution in [0.5, 0.6) is 5.75 Å². The number of rotatable bonds is 5. The fourth-order valence-corrected chi connectivity index (χ4v) is 3.20. The second-order valence-corrected chi connectivity index (χ2v) is 6.57. The first-order valence-corrected chi connectivity index (χ1v) is 9.31. The summed E-state index contributed by atoms with van der Waals surface area (Å²) in [5, 5.41) is 14.5. The van der Waals surface area contributed by atoms with E-state index in [0.717, 1.165) is 36.5 Å². The number of ether oxygens (including phenoxy) is 1. The molecule has 0 saturated heterocycles. The molecule has 0 atom stereocenters. The number of imidazole rings is 1. The number of anilines is 1. The summed E-state index contributed by atoms with van der Waals surface area (Å²) in [6.07, 6.45) is 6.62. The third kappa shape index (κ3) is 3.72. The van der Waals surface area contributed by atoms with Gasteiger partial charge in [0.05, 0.1) is 23.6 Å². The Kier molecular flexibility index (Phi) is 5.03. The van der Waals surface area contributed by atoms with Crippen molar-refractivity contribution in [2.75, 3.05) is 25.0 Å². The lowest BCUT2D eigenvalue weighted by Gasteiger charge is -2.13. The van der Waals surface area contributed by atoms with Gasteiger partial charge in [0.2, 0.25) is 0 Å². The third-order valence-corrected chi connectivity index (χ3v) is 4.52. The Morgan fingerprint density at radius 3 is 2.93 bits per heavy atom. The number of pyridine rings is 1. The number of hydrogen-bond acceptors (Lipinski definition) is 6. The quantitative estimate of drug-likeness (QED) is 0.708. The Hall–Kier alpha value is -3.26. The van der Waals surface area contributed by atoms with E-state index >= 15 is 0 Å². The number of aryl methyl sites for hydroxylation is 1. The number of carbonyl (C=O) groups is 1. The Morgan fingerprint density at radius 1 is 1.32 bits per heavy atom. The van der Waals surface area contributed by atoms with Gasteiger partial charge in [-0.15, -0.1) is 10.2 Å². The smallest absolute Gasteiger partial charge is 0.262 e. The van der Waals surface area contributed by atoms with Gasteiger partial charge >= 0.3 is 0 Å². The molecule has 3 aromatic heterocycles. The Bertz CT molecular complexity index is 1040. The molecule has 1 amide bonds. The first-order valence-electron chi connectivity index (χ1n) is 9.31. The number of nitrogens with one attached hydrogen (secondary N) is 2. The summed E-state index contributed by atoms with van der Waals surface area (Å²) >= 11 is 0. The minimum absolute atomic E-state index is 0.306. The highest BCUT2D eigenvalue weighted by Gasteiger charge is 2.17. The molecule has 28 heavy (non-hydrogen) atoms. The SMILES string of the molecule is CCOc1cc2nc(C)cn2cc1C(=O)Nc1ccc(C2=CCNCC2)nn1. The van der Waals surface area contributed by atoms with E-state index in [1.807, 2.05) is 30.5 Å². The molecule has 0 spiro atoms. The van der Waals surface area contributed by atoms with Gasteiger partial charge in [-0.25, -0.2) is 4.98 Å². The minimum Gasteiger partial charge on any atom is -0.493 e. The molecule has 0 aromatic carbocycles. The van der Waals surface area contributed by atoms with Gasteiger partial charge in [-0.05, 0) is 44.5 Å². The lowest BCUT2D eigenvalue weighted by atomic mass is 10.1. The lowest BCUT2D eigenvalue weighted by molar-refractivity contribution is 0.102. The van der Waals surface area contributed by atoms with Gasteiger partial charge in [-0.1, -0.05) is 6.08 Å². The van der Waals surface area contributed by atoms with Gasteiger partial charge in [0, 0.05) is 25.0 Å². The monoisotopic (exact) mass is 378 g/mol. The predicted octanol–water partition coefficient (Wildman–Crippen LogP) is 2.46. The summed E-state index contributed by atoms with van der Waals surface area (Å²) in [5.74, 6) is 0.579. The number of hydrogen-bond donors (Lipinski definition) is 2. The van der Waals surface area contributed by atoms with Crippen LogP contribution in [0.15, 0.2) is 36.7 Å². The highest BCUT2D eigenvalue weighted by molar-refractivity contribution is 6.05. The maximum atomic E-state index is 12.8. The number of fused-ring (bicyclic) bond motifs is 1. The van der Waals surface area contributed by atoms with Crippen LogP contribution >= 0.6 is 0 Å². The summed E-state index contributed by atoms with van der Waals surface area (Å²) in [5.41, 5.74) is 4.03. The molecule has 8 nitrogen and oxygen atoms in total. The van der Waals surface area contributed by atoms with E-state index in [-0.39, 0.29) is 5.91 Å². The van der Waals surface area contributed by atoms with E-state index in [9.17, 15) is 4.79 Å². The van der Waals surface area contributed by atoms with Gasteiger partial charge in [0.25, 0.3) is 5.91 Å². The molecule has 0 fully saturated rings. The average molecular weight is 378 g/mol. The van der Waals surface area contributed by atoms with Crippen molar-refractivity contribution in [3.05, 3.63) is 53.6 Å². The lowest BCUT2D eigenvalue weighted by Crippen LogP contribution is -2.20. The van der Waals surface area contributed by atoms with E-state index in [2.05, 4.69) is 31.9 Å². The standard InChI is InChI=1S/C20H22N6O2/c1-3-28-17-10-19-22-13(2)11-26(19)12-15(17)20(27)23-18-5-4-16(24-25-18)14-6-8-21-9-7-14/h4-6,10-12,21H,3,7-9H2,1-2H3,(H,23,25,27). The van der Waals surface area contributed by atoms with Gasteiger partial charge < -0.3 is 19.8 Å². The molecule has 8 heteroatoms. The number of nitrogens with zero attached hydrogens (tertiary/aromatic N) is 4. The molecule has 0 aliphatic carbocycles. The molecule has 0 radical (unpaired) electrons. The van der Waals surface area contributed by atoms with E-state index in [1.54, 1.807) is 18.3 Å². The Balaban J connectivity index is 1.57. The topological polar surface area (TPSA) is 93.4 Å². The molecule has 0 bridgehead atoms. The van der Waals surface area contributed by atoms with Crippen LogP contribution in [0.25, 0.3) is 11.2 Å². The molecule has 144 valence electrons. The zero-order chi connectivity index (χ0) is 19.5. The second kappa shape index (κ2) is 7.77. The predicted molar refractivity (Wildman–Crippen MR) is 107 cm³/mol. The van der Waals surface area contributed by atoms with Crippen LogP contribution in [0, 0.1) is 6.92 Å². The van der Waals surface area contributed by atoms with Crippen molar-refractivity contribution in [2.45, 2.75) is 20.3 Å². The molecule has 1 aliphatic heterocycles. The van der Waals surface area contributed by atoms with Crippen molar-refractivity contribution in [3.63, 3.8) is 0 Å². The third-order valence-electron chi connectivity index (χ3n) is 4.52. The van der Waals surface area contributed by atoms with Crippen molar-refractivity contribution in [1.82, 2.24) is 24.9 Å². The van der Waals surface area contributed by atoms with E-state index in [1.165, 1.54) is 5.57 Å². The summed E-state index contributed by atoms with van der Waals surface area (Å²) in [6.45, 7) is 6.01. The molecule has 4 heterocycles. The molecular weight excluding hydrogens is 356 g/mol. The van der Waals surface area contributed by atoms with Crippen LogP contribution in [0.3, 0.4) is 0 Å². The van der Waals surface area contributed by atoms with Crippen LogP contribution in [0.2, 0.25) is 0 Å². The van der Waals surface area contributed by atoms with Crippen LogP contribution in [0.4, 0.5) is 5.82 Å². The average Bonchev–Trinajstić information content (AvgIpc) is 3.08. The first-order chi connectivity index (χ1) is 13.6. The molecule has 0 unspecified atom stereocenters. The summed E-state index contributed by atoms with van der Waals surface area (Å²) in [6, 6.07) is 5.42. The Labute approximate surface area is 162 Å². The van der Waals surface area contributed by atoms with E-state index in [4.69, 9.17) is 4.74 Å². The normalized spacial score (nSPS) is 14.0. The van der Waals surface area contributed by atoms with Crippen molar-refractivity contribution in [3.8, 4) is 5.75 Å². The van der Waals surface area contributed by atoms with Crippen LogP contribution in [-0.2, 0) is 0 Å². The van der Waals surface area contributed by atoms with Crippen molar-refractivity contribution in [2.24, 2.45) is 0 Å². The van der Waals surface area contributed by atoms with E-state index in [0.29, 0.717) is 23.7 Å². The first kappa shape index (κ1) is 18.1. The fraction of sp³-hybridized carbons (Fsp3) is 0.300. The van der Waals surface area contributed by atoms with Gasteiger partial charge in [-0.2, -0.15) is 0 Å². The molecule has 0 saturated carbocycles. The maximum Gasteiger partial charge on any atom is 0.262 e. The summed E-state index contributed by atoms with van der Waals surface area (Å²) in [4.78, 5) is 17.2. The van der Waals surface area contributed by atoms with E-state index < -0.39 is 0 Å². The minimum atomic E-state index is -0.306. The maximum absolute atomic E-state index is 12.8. The molecule has 2 N–H and O–H groups in total. The highest BCUT2D eigenvalue weighted by Crippen LogP contribution is 2.23. The number of amides is 1. The number of aromatic nitrogens is 4. The molecule has 1 aliphatic rings. The zero-order valence-corrected chi connectivity index (χ0v) is 15.9. The molecule has 3 aromatic rings. The molecule has 4 rings (SSSR count). The number of carbonyl (C=O) groups excluding carboxylic acids is 1. The highest BCUT2D eigenvalue weighted by atomic mass is 16.5. The van der Waals surface area contributed by atoms with Crippen LogP contribution in [-0.4, -0.2) is 45.2 Å². The van der Waals surface area contributed by atoms with Gasteiger partial charge in [-0.3, -0.25) is 4.79 Å². The fourth-order valence-electron chi connectivity index (χ4n) is 3.20. The summed E-state index contributed by atoms with van der Waals surface area (Å²) in [7, 11) is 0. The molecular formula is C20H22N6O2.